The molecule has 0 spiro atoms. The first kappa shape index (κ1) is 6.09. The van der Waals surface area contributed by atoms with E-state index in [2.05, 4.69) is 15.0 Å². The Balaban J connectivity index is 2.45. The predicted octanol–water partition coefficient (Wildman–Crippen LogP) is -0.786. The second-order valence-corrected chi connectivity index (χ2v) is 2.31. The lowest BCUT2D eigenvalue weighted by Crippen LogP contribution is -2.34. The minimum absolute atomic E-state index is 0.0534. The van der Waals surface area contributed by atoms with Crippen molar-refractivity contribution in [2.75, 3.05) is 0 Å². The fourth-order valence-corrected chi connectivity index (χ4v) is 1.05. The molecule has 2 heterocycles. The van der Waals surface area contributed by atoms with E-state index in [9.17, 15) is 0 Å². The molecule has 0 bridgehead atoms. The van der Waals surface area contributed by atoms with E-state index in [1.165, 1.54) is 0 Å². The van der Waals surface area contributed by atoms with Crippen molar-refractivity contribution in [1.29, 1.82) is 0 Å². The summed E-state index contributed by atoms with van der Waals surface area (Å²) in [7, 11) is 0. The lowest BCUT2D eigenvalue weighted by atomic mass is 10.1. The Morgan fingerprint density at radius 3 is 2.91 bits per heavy atom. The van der Waals surface area contributed by atoms with E-state index in [-0.39, 0.29) is 11.9 Å². The molecule has 5 heteroatoms. The van der Waals surface area contributed by atoms with E-state index >= 15 is 0 Å². The van der Waals surface area contributed by atoms with Crippen LogP contribution in [-0.4, -0.2) is 17.6 Å². The van der Waals surface area contributed by atoms with Crippen molar-refractivity contribution in [1.82, 2.24) is 0 Å². The fourth-order valence-electron chi connectivity index (χ4n) is 1.05. The summed E-state index contributed by atoms with van der Waals surface area (Å²) in [5, 5.41) is 0. The van der Waals surface area contributed by atoms with Gasteiger partial charge in [0.2, 0.25) is 5.96 Å². The molecule has 0 aliphatic carbocycles. The summed E-state index contributed by atoms with van der Waals surface area (Å²) >= 11 is 0. The number of fused-ring (bicyclic) bond motifs is 1. The Bertz CT molecular complexity index is 309. The van der Waals surface area contributed by atoms with Crippen molar-refractivity contribution >= 4 is 17.6 Å². The molecule has 2 aliphatic rings. The van der Waals surface area contributed by atoms with Gasteiger partial charge in [-0.25, -0.2) is 4.99 Å². The molecule has 0 radical (unpaired) electrons. The molecule has 2 rings (SSSR count). The van der Waals surface area contributed by atoms with Gasteiger partial charge in [0.05, 0.1) is 5.92 Å². The summed E-state index contributed by atoms with van der Waals surface area (Å²) in [5.74, 6) is 1.23. The van der Waals surface area contributed by atoms with Crippen LogP contribution in [0.1, 0.15) is 0 Å². The zero-order valence-corrected chi connectivity index (χ0v) is 5.73. The lowest BCUT2D eigenvalue weighted by Gasteiger charge is -2.11. The maximum atomic E-state index is 5.57. The third-order valence-corrected chi connectivity index (χ3v) is 1.55. The smallest absolute Gasteiger partial charge is 0.223 e. The van der Waals surface area contributed by atoms with Gasteiger partial charge < -0.3 is 11.5 Å². The van der Waals surface area contributed by atoms with Gasteiger partial charge in [-0.05, 0) is 6.08 Å². The Morgan fingerprint density at radius 2 is 2.09 bits per heavy atom. The van der Waals surface area contributed by atoms with E-state index in [1.807, 2.05) is 6.08 Å². The van der Waals surface area contributed by atoms with Gasteiger partial charge in [0, 0.05) is 6.20 Å². The van der Waals surface area contributed by atoms with Gasteiger partial charge in [-0.15, -0.1) is 0 Å². The first-order chi connectivity index (χ1) is 5.27. The molecule has 5 nitrogen and oxygen atoms in total. The summed E-state index contributed by atoms with van der Waals surface area (Å²) in [4.78, 5) is 11.7. The highest BCUT2D eigenvalue weighted by Gasteiger charge is 2.23. The van der Waals surface area contributed by atoms with Gasteiger partial charge in [-0.2, -0.15) is 9.98 Å². The highest BCUT2D eigenvalue weighted by Crippen LogP contribution is 2.14. The number of rotatable bonds is 0. The van der Waals surface area contributed by atoms with Crippen LogP contribution in [0.3, 0.4) is 0 Å². The number of hydrogen-bond acceptors (Lipinski definition) is 5. The molecule has 0 saturated heterocycles. The average molecular weight is 149 g/mol. The van der Waals surface area contributed by atoms with E-state index in [0.29, 0.717) is 11.7 Å². The Morgan fingerprint density at radius 1 is 1.27 bits per heavy atom. The van der Waals surface area contributed by atoms with Crippen LogP contribution in [0.2, 0.25) is 0 Å². The van der Waals surface area contributed by atoms with Crippen LogP contribution in [-0.2, 0) is 0 Å². The summed E-state index contributed by atoms with van der Waals surface area (Å²) in [6, 6.07) is 0. The zero-order valence-electron chi connectivity index (χ0n) is 5.73. The number of nitrogens with zero attached hydrogens (tertiary/aromatic N) is 3. The van der Waals surface area contributed by atoms with Crippen LogP contribution in [0.4, 0.5) is 0 Å². The molecular formula is C6H7N5. The average Bonchev–Trinajstić information content (AvgIpc) is 2.34. The molecule has 0 aromatic carbocycles. The van der Waals surface area contributed by atoms with Crippen LogP contribution < -0.4 is 11.5 Å². The molecule has 0 fully saturated rings. The molecule has 1 unspecified atom stereocenters. The monoisotopic (exact) mass is 149 g/mol. The first-order valence-electron chi connectivity index (χ1n) is 3.20. The van der Waals surface area contributed by atoms with Gasteiger partial charge in [0.25, 0.3) is 0 Å². The van der Waals surface area contributed by atoms with Crippen LogP contribution in [0.25, 0.3) is 0 Å². The Kier molecular flexibility index (Phi) is 1.06. The van der Waals surface area contributed by atoms with Gasteiger partial charge in [0.15, 0.2) is 0 Å². The lowest BCUT2D eigenvalue weighted by molar-refractivity contribution is 1.14. The maximum absolute atomic E-state index is 5.57. The first-order valence-corrected chi connectivity index (χ1v) is 3.20. The summed E-state index contributed by atoms with van der Waals surface area (Å²) in [6.45, 7) is 0. The van der Waals surface area contributed by atoms with Crippen molar-refractivity contribution in [3.05, 3.63) is 12.3 Å². The Labute approximate surface area is 63.2 Å². The standard InChI is InChI=1S/C6H7N5/c7-4-3-1-2-9-5(3)11-6(8)10-4/h1-3H,(H4,7,8,9,10,11). The molecule has 0 saturated carbocycles. The van der Waals surface area contributed by atoms with Crippen molar-refractivity contribution in [2.24, 2.45) is 32.4 Å². The van der Waals surface area contributed by atoms with Gasteiger partial charge in [-0.3, -0.25) is 0 Å². The van der Waals surface area contributed by atoms with Crippen LogP contribution in [0.15, 0.2) is 27.3 Å². The number of hydrogen-bond donors (Lipinski definition) is 2. The summed E-state index contributed by atoms with van der Waals surface area (Å²) < 4.78 is 0. The van der Waals surface area contributed by atoms with Crippen molar-refractivity contribution < 1.29 is 0 Å². The van der Waals surface area contributed by atoms with Gasteiger partial charge in [-0.1, -0.05) is 0 Å². The third kappa shape index (κ3) is 0.813. The SMILES string of the molecule is NC1=NC2=NC=CC2C(N)=N1. The van der Waals surface area contributed by atoms with Gasteiger partial charge in [0.1, 0.15) is 11.7 Å². The molecular weight excluding hydrogens is 142 g/mol. The highest BCUT2D eigenvalue weighted by molar-refractivity contribution is 6.17. The number of aliphatic imine (C=N–C) groups is 3. The second kappa shape index (κ2) is 1.91. The third-order valence-electron chi connectivity index (χ3n) is 1.55. The summed E-state index contributed by atoms with van der Waals surface area (Å²) in [6.07, 6.45) is 3.49. The maximum Gasteiger partial charge on any atom is 0.223 e. The quantitative estimate of drug-likeness (QED) is 0.472. The Hall–Kier alpha value is -1.65. The van der Waals surface area contributed by atoms with Crippen LogP contribution in [0.5, 0.6) is 0 Å². The number of nitrogens with two attached hydrogens (primary N) is 2. The minimum Gasteiger partial charge on any atom is -0.386 e. The van der Waals surface area contributed by atoms with Crippen molar-refractivity contribution in [3.63, 3.8) is 0 Å². The molecule has 4 N–H and O–H groups in total. The topological polar surface area (TPSA) is 89.1 Å². The molecule has 0 aromatic heterocycles. The van der Waals surface area contributed by atoms with Crippen molar-refractivity contribution in [2.45, 2.75) is 0 Å². The fraction of sp³-hybridized carbons (Fsp3) is 0.167. The molecule has 1 atom stereocenters. The molecule has 0 aromatic rings. The van der Waals surface area contributed by atoms with E-state index in [0.717, 1.165) is 0 Å². The molecule has 56 valence electrons. The van der Waals surface area contributed by atoms with E-state index < -0.39 is 0 Å². The molecule has 0 amide bonds. The van der Waals surface area contributed by atoms with Crippen LogP contribution >= 0.6 is 0 Å². The van der Waals surface area contributed by atoms with Gasteiger partial charge >= 0.3 is 0 Å². The normalized spacial score (nSPS) is 27.3. The molecule has 11 heavy (non-hydrogen) atoms. The number of amidine groups is 2. The highest BCUT2D eigenvalue weighted by atomic mass is 15.1. The molecule has 2 aliphatic heterocycles. The largest absolute Gasteiger partial charge is 0.386 e. The minimum atomic E-state index is -0.0534. The van der Waals surface area contributed by atoms with E-state index in [4.69, 9.17) is 11.5 Å². The summed E-state index contributed by atoms with van der Waals surface area (Å²) in [5.41, 5.74) is 10.9. The predicted molar refractivity (Wildman–Crippen MR) is 43.3 cm³/mol. The van der Waals surface area contributed by atoms with Crippen LogP contribution in [0, 0.1) is 5.92 Å². The van der Waals surface area contributed by atoms with E-state index in [1.54, 1.807) is 6.20 Å². The van der Waals surface area contributed by atoms with Crippen molar-refractivity contribution in [3.8, 4) is 0 Å². The second-order valence-electron chi connectivity index (χ2n) is 2.31. The zero-order chi connectivity index (χ0) is 7.84. The number of guanidine groups is 1.